The summed E-state index contributed by atoms with van der Waals surface area (Å²) in [5.41, 5.74) is 0.783. The quantitative estimate of drug-likeness (QED) is 0.895. The lowest BCUT2D eigenvalue weighted by atomic mass is 9.75. The first-order valence-corrected chi connectivity index (χ1v) is 7.57. The molecule has 1 saturated carbocycles. The van der Waals surface area contributed by atoms with Crippen molar-refractivity contribution in [2.75, 3.05) is 27.7 Å². The van der Waals surface area contributed by atoms with Gasteiger partial charge in [-0.3, -0.25) is 4.79 Å². The average molecular weight is 341 g/mol. The second-order valence-corrected chi connectivity index (χ2v) is 6.36. The van der Waals surface area contributed by atoms with E-state index in [0.29, 0.717) is 12.1 Å². The van der Waals surface area contributed by atoms with E-state index >= 15 is 0 Å². The Balaban J connectivity index is 2.00. The van der Waals surface area contributed by atoms with E-state index in [9.17, 15) is 4.79 Å². The van der Waals surface area contributed by atoms with Gasteiger partial charge in [0.25, 0.3) is 5.91 Å². The van der Waals surface area contributed by atoms with Gasteiger partial charge in [-0.2, -0.15) is 0 Å². The largest absolute Gasteiger partial charge is 0.496 e. The number of carbonyl (C=O) groups is 1. The number of methoxy groups -OCH3 is 1. The smallest absolute Gasteiger partial charge is 0.251 e. The Morgan fingerprint density at radius 1 is 1.45 bits per heavy atom. The van der Waals surface area contributed by atoms with Crippen molar-refractivity contribution in [2.24, 2.45) is 0 Å². The lowest BCUT2D eigenvalue weighted by molar-refractivity contribution is 0.0557. The average Bonchev–Trinajstić information content (AvgIpc) is 2.36. The fourth-order valence-corrected chi connectivity index (χ4v) is 3.06. The molecule has 1 aliphatic rings. The minimum absolute atomic E-state index is 0.0403. The molecule has 1 N–H and O–H groups in total. The van der Waals surface area contributed by atoms with Gasteiger partial charge in [0.1, 0.15) is 5.75 Å². The van der Waals surface area contributed by atoms with Gasteiger partial charge in [-0.1, -0.05) is 0 Å². The van der Waals surface area contributed by atoms with E-state index in [1.54, 1.807) is 25.3 Å². The Morgan fingerprint density at radius 3 is 2.60 bits per heavy atom. The van der Waals surface area contributed by atoms with Crippen molar-refractivity contribution in [2.45, 2.75) is 24.8 Å². The number of benzene rings is 1. The molecule has 0 spiro atoms. The molecule has 0 aliphatic heterocycles. The summed E-state index contributed by atoms with van der Waals surface area (Å²) in [7, 11) is 5.77. The first-order chi connectivity index (χ1) is 9.48. The summed E-state index contributed by atoms with van der Waals surface area (Å²) < 4.78 is 5.96. The minimum atomic E-state index is -0.0403. The SMILES string of the molecule is COc1ccc(C(=O)NCC2(N(C)C)CCC2)cc1Br. The zero-order valence-electron chi connectivity index (χ0n) is 12.2. The number of nitrogens with zero attached hydrogens (tertiary/aromatic N) is 1. The summed E-state index contributed by atoms with van der Waals surface area (Å²) in [5, 5.41) is 3.05. The van der Waals surface area contributed by atoms with E-state index in [0.717, 1.165) is 23.1 Å². The van der Waals surface area contributed by atoms with Crippen molar-refractivity contribution in [3.05, 3.63) is 28.2 Å². The molecular formula is C15H21BrN2O2. The number of hydrogen-bond acceptors (Lipinski definition) is 3. The van der Waals surface area contributed by atoms with Crippen LogP contribution in [0, 0.1) is 0 Å². The molecule has 0 bridgehead atoms. The molecule has 1 aliphatic carbocycles. The van der Waals surface area contributed by atoms with E-state index in [1.807, 2.05) is 0 Å². The van der Waals surface area contributed by atoms with Crippen molar-refractivity contribution >= 4 is 21.8 Å². The Kier molecular flexibility index (Phi) is 4.70. The lowest BCUT2D eigenvalue weighted by Gasteiger charge is -2.47. The van der Waals surface area contributed by atoms with Gasteiger partial charge in [0.05, 0.1) is 11.6 Å². The highest BCUT2D eigenvalue weighted by atomic mass is 79.9. The van der Waals surface area contributed by atoms with Crippen molar-refractivity contribution in [1.82, 2.24) is 10.2 Å². The molecule has 110 valence electrons. The number of likely N-dealkylation sites (N-methyl/N-ethyl adjacent to an activating group) is 1. The van der Waals surface area contributed by atoms with Crippen LogP contribution in [0.2, 0.25) is 0 Å². The first-order valence-electron chi connectivity index (χ1n) is 6.78. The van der Waals surface area contributed by atoms with Crippen LogP contribution < -0.4 is 10.1 Å². The molecule has 20 heavy (non-hydrogen) atoms. The van der Waals surface area contributed by atoms with Crippen LogP contribution in [0.1, 0.15) is 29.6 Å². The van der Waals surface area contributed by atoms with E-state index < -0.39 is 0 Å². The Labute approximate surface area is 128 Å². The first kappa shape index (κ1) is 15.3. The number of carbonyl (C=O) groups excluding carboxylic acids is 1. The third kappa shape index (κ3) is 2.99. The molecule has 0 aromatic heterocycles. The Hall–Kier alpha value is -1.07. The molecule has 5 heteroatoms. The van der Waals surface area contributed by atoms with Gasteiger partial charge < -0.3 is 15.0 Å². The predicted octanol–water partition coefficient (Wildman–Crippen LogP) is 2.67. The Bertz CT molecular complexity index is 499. The zero-order chi connectivity index (χ0) is 14.8. The van der Waals surface area contributed by atoms with Gasteiger partial charge in [-0.25, -0.2) is 0 Å². The summed E-state index contributed by atoms with van der Waals surface area (Å²) in [6.07, 6.45) is 3.53. The third-order valence-corrected chi connectivity index (χ3v) is 4.84. The Morgan fingerprint density at radius 2 is 2.15 bits per heavy atom. The summed E-state index contributed by atoms with van der Waals surface area (Å²) in [5.74, 6) is 0.687. The molecule has 1 fully saturated rings. The number of ether oxygens (including phenoxy) is 1. The zero-order valence-corrected chi connectivity index (χ0v) is 13.8. The topological polar surface area (TPSA) is 41.6 Å². The van der Waals surface area contributed by atoms with Crippen LogP contribution in [0.3, 0.4) is 0 Å². The fraction of sp³-hybridized carbons (Fsp3) is 0.533. The lowest BCUT2D eigenvalue weighted by Crippen LogP contribution is -2.57. The van der Waals surface area contributed by atoms with Crippen molar-refractivity contribution in [1.29, 1.82) is 0 Å². The standard InChI is InChI=1S/C15H21BrN2O2/c1-18(2)15(7-4-8-15)10-17-14(19)11-5-6-13(20-3)12(16)9-11/h5-6,9H,4,7-8,10H2,1-3H3,(H,17,19). The fourth-order valence-electron chi connectivity index (χ4n) is 2.52. The summed E-state index contributed by atoms with van der Waals surface area (Å²) in [4.78, 5) is 14.4. The van der Waals surface area contributed by atoms with E-state index in [-0.39, 0.29) is 11.4 Å². The second-order valence-electron chi connectivity index (χ2n) is 5.50. The molecule has 0 atom stereocenters. The van der Waals surface area contributed by atoms with Gasteiger partial charge in [-0.05, 0) is 67.5 Å². The molecule has 0 unspecified atom stereocenters. The van der Waals surface area contributed by atoms with Gasteiger partial charge in [-0.15, -0.1) is 0 Å². The highest BCUT2D eigenvalue weighted by molar-refractivity contribution is 9.10. The monoisotopic (exact) mass is 340 g/mol. The normalized spacial score (nSPS) is 16.6. The van der Waals surface area contributed by atoms with Crippen LogP contribution in [0.4, 0.5) is 0 Å². The van der Waals surface area contributed by atoms with Crippen molar-refractivity contribution < 1.29 is 9.53 Å². The molecule has 2 rings (SSSR count). The molecule has 0 radical (unpaired) electrons. The predicted molar refractivity (Wildman–Crippen MR) is 83.3 cm³/mol. The van der Waals surface area contributed by atoms with Crippen LogP contribution in [-0.2, 0) is 0 Å². The minimum Gasteiger partial charge on any atom is -0.496 e. The third-order valence-electron chi connectivity index (χ3n) is 4.22. The number of rotatable bonds is 5. The molecule has 1 amide bonds. The maximum atomic E-state index is 12.2. The van der Waals surface area contributed by atoms with Gasteiger partial charge in [0.2, 0.25) is 0 Å². The van der Waals surface area contributed by atoms with Crippen LogP contribution >= 0.6 is 15.9 Å². The summed E-state index contributed by atoms with van der Waals surface area (Å²) in [6.45, 7) is 0.697. The molecule has 4 nitrogen and oxygen atoms in total. The summed E-state index contributed by atoms with van der Waals surface area (Å²) >= 11 is 3.40. The van der Waals surface area contributed by atoms with E-state index in [1.165, 1.54) is 6.42 Å². The van der Waals surface area contributed by atoms with Gasteiger partial charge in [0, 0.05) is 17.6 Å². The molecule has 0 saturated heterocycles. The summed E-state index contributed by atoms with van der Waals surface area (Å²) in [6, 6.07) is 5.36. The molecule has 1 aromatic carbocycles. The molecular weight excluding hydrogens is 320 g/mol. The van der Waals surface area contributed by atoms with Crippen LogP contribution in [0.5, 0.6) is 5.75 Å². The number of halogens is 1. The molecule has 0 heterocycles. The van der Waals surface area contributed by atoms with E-state index in [4.69, 9.17) is 4.74 Å². The maximum Gasteiger partial charge on any atom is 0.251 e. The highest BCUT2D eigenvalue weighted by Gasteiger charge is 2.39. The van der Waals surface area contributed by atoms with E-state index in [2.05, 4.69) is 40.2 Å². The van der Waals surface area contributed by atoms with Gasteiger partial charge >= 0.3 is 0 Å². The second kappa shape index (κ2) is 6.14. The number of hydrogen-bond donors (Lipinski definition) is 1. The maximum absolute atomic E-state index is 12.2. The van der Waals surface area contributed by atoms with Crippen LogP contribution in [-0.4, -0.2) is 44.1 Å². The van der Waals surface area contributed by atoms with Crippen LogP contribution in [0.25, 0.3) is 0 Å². The van der Waals surface area contributed by atoms with Crippen molar-refractivity contribution in [3.63, 3.8) is 0 Å². The van der Waals surface area contributed by atoms with Crippen LogP contribution in [0.15, 0.2) is 22.7 Å². The highest BCUT2D eigenvalue weighted by Crippen LogP contribution is 2.35. The number of amides is 1. The number of nitrogens with one attached hydrogen (secondary N) is 1. The van der Waals surface area contributed by atoms with Crippen molar-refractivity contribution in [3.8, 4) is 5.75 Å². The van der Waals surface area contributed by atoms with Gasteiger partial charge in [0.15, 0.2) is 0 Å². The molecule has 1 aromatic rings.